The van der Waals surface area contributed by atoms with E-state index in [2.05, 4.69) is 10.6 Å². The fourth-order valence-corrected chi connectivity index (χ4v) is 2.79. The number of carbonyl (C=O) groups excluding carboxylic acids is 1. The third-order valence-corrected chi connectivity index (χ3v) is 4.14. The zero-order chi connectivity index (χ0) is 14.3. The molecular weight excluding hydrogens is 339 g/mol. The minimum absolute atomic E-state index is 0. The third-order valence-electron chi connectivity index (χ3n) is 2.41. The molecule has 0 heterocycles. The number of hydrogen-bond acceptors (Lipinski definition) is 3. The number of thioether (sulfide) groups is 1. The van der Waals surface area contributed by atoms with E-state index in [9.17, 15) is 4.79 Å². The molecule has 114 valence electrons. The SMILES string of the molecule is CCN[C@H](C)CNC(=O)CSc1cc(Cl)ccc1Cl.Cl. The predicted molar refractivity (Wildman–Crippen MR) is 90.6 cm³/mol. The average Bonchev–Trinajstić information content (AvgIpc) is 2.38. The lowest BCUT2D eigenvalue weighted by Gasteiger charge is -2.13. The first-order valence-electron chi connectivity index (χ1n) is 6.10. The molecule has 1 aromatic rings. The molecule has 0 aliphatic heterocycles. The van der Waals surface area contributed by atoms with Crippen molar-refractivity contribution in [2.24, 2.45) is 0 Å². The van der Waals surface area contributed by atoms with E-state index in [1.165, 1.54) is 11.8 Å². The number of carbonyl (C=O) groups is 1. The van der Waals surface area contributed by atoms with Gasteiger partial charge in [-0.25, -0.2) is 0 Å². The van der Waals surface area contributed by atoms with Gasteiger partial charge in [0.2, 0.25) is 5.91 Å². The van der Waals surface area contributed by atoms with Gasteiger partial charge in [0, 0.05) is 22.5 Å². The van der Waals surface area contributed by atoms with Crippen molar-refractivity contribution in [2.75, 3.05) is 18.8 Å². The van der Waals surface area contributed by atoms with Crippen LogP contribution in [0, 0.1) is 0 Å². The summed E-state index contributed by atoms with van der Waals surface area (Å²) in [5, 5.41) is 7.34. The number of rotatable bonds is 7. The van der Waals surface area contributed by atoms with Gasteiger partial charge in [0.25, 0.3) is 0 Å². The normalized spacial score (nSPS) is 11.6. The maximum atomic E-state index is 11.7. The Kier molecular flexibility index (Phi) is 10.5. The standard InChI is InChI=1S/C13H18Cl2N2OS.ClH/c1-3-16-9(2)7-17-13(18)8-19-12-6-10(14)4-5-11(12)15;/h4-6,9,16H,3,7-8H2,1-2H3,(H,17,18);1H/t9-;/m1./s1. The van der Waals surface area contributed by atoms with Crippen molar-refractivity contribution in [2.45, 2.75) is 24.8 Å². The summed E-state index contributed by atoms with van der Waals surface area (Å²) in [6.45, 7) is 5.58. The van der Waals surface area contributed by atoms with Crippen LogP contribution in [-0.2, 0) is 4.79 Å². The number of hydrogen-bond donors (Lipinski definition) is 2. The highest BCUT2D eigenvalue weighted by Crippen LogP contribution is 2.29. The highest BCUT2D eigenvalue weighted by Gasteiger charge is 2.07. The van der Waals surface area contributed by atoms with Crippen molar-refractivity contribution >= 4 is 53.3 Å². The van der Waals surface area contributed by atoms with Gasteiger partial charge in [-0.1, -0.05) is 30.1 Å². The van der Waals surface area contributed by atoms with Gasteiger partial charge >= 0.3 is 0 Å². The minimum Gasteiger partial charge on any atom is -0.354 e. The van der Waals surface area contributed by atoms with Crippen molar-refractivity contribution in [1.82, 2.24) is 10.6 Å². The highest BCUT2D eigenvalue weighted by molar-refractivity contribution is 8.00. The van der Waals surface area contributed by atoms with E-state index in [1.807, 2.05) is 13.8 Å². The molecule has 20 heavy (non-hydrogen) atoms. The second-order valence-corrected chi connectivity index (χ2v) is 5.99. The van der Waals surface area contributed by atoms with Gasteiger partial charge < -0.3 is 10.6 Å². The van der Waals surface area contributed by atoms with Crippen molar-refractivity contribution < 1.29 is 4.79 Å². The van der Waals surface area contributed by atoms with Gasteiger partial charge in [-0.3, -0.25) is 4.79 Å². The van der Waals surface area contributed by atoms with Crippen LogP contribution < -0.4 is 10.6 Å². The molecular formula is C13H19Cl3N2OS. The summed E-state index contributed by atoms with van der Waals surface area (Å²) in [7, 11) is 0. The summed E-state index contributed by atoms with van der Waals surface area (Å²) in [6, 6.07) is 5.50. The summed E-state index contributed by atoms with van der Waals surface area (Å²) in [5.41, 5.74) is 0. The third kappa shape index (κ3) is 7.60. The molecule has 0 fully saturated rings. The van der Waals surface area contributed by atoms with Crippen LogP contribution in [0.4, 0.5) is 0 Å². The van der Waals surface area contributed by atoms with Crippen molar-refractivity contribution in [3.05, 3.63) is 28.2 Å². The molecule has 0 saturated heterocycles. The summed E-state index contributed by atoms with van der Waals surface area (Å²) in [6.07, 6.45) is 0. The molecule has 0 aliphatic rings. The first kappa shape index (κ1) is 19.9. The monoisotopic (exact) mass is 356 g/mol. The zero-order valence-corrected chi connectivity index (χ0v) is 14.6. The maximum Gasteiger partial charge on any atom is 0.230 e. The van der Waals surface area contributed by atoms with Crippen molar-refractivity contribution in [3.8, 4) is 0 Å². The number of likely N-dealkylation sites (N-methyl/N-ethyl adjacent to an activating group) is 1. The second-order valence-electron chi connectivity index (χ2n) is 4.13. The topological polar surface area (TPSA) is 41.1 Å². The molecule has 0 saturated carbocycles. The quantitative estimate of drug-likeness (QED) is 0.732. The average molecular weight is 358 g/mol. The summed E-state index contributed by atoms with van der Waals surface area (Å²) in [5.74, 6) is 0.324. The molecule has 1 atom stereocenters. The van der Waals surface area contributed by atoms with Crippen LogP contribution in [0.15, 0.2) is 23.1 Å². The number of nitrogens with one attached hydrogen (secondary N) is 2. The van der Waals surface area contributed by atoms with Crippen LogP contribution in [0.25, 0.3) is 0 Å². The molecule has 0 spiro atoms. The van der Waals surface area contributed by atoms with Crippen LogP contribution in [0.2, 0.25) is 10.0 Å². The second kappa shape index (κ2) is 10.6. The molecule has 2 N–H and O–H groups in total. The number of benzene rings is 1. The molecule has 0 unspecified atom stereocenters. The van der Waals surface area contributed by atoms with Crippen LogP contribution in [-0.4, -0.2) is 30.8 Å². The van der Waals surface area contributed by atoms with Gasteiger partial charge in [0.1, 0.15) is 0 Å². The molecule has 3 nitrogen and oxygen atoms in total. The number of amides is 1. The Hall–Kier alpha value is -0.130. The Morgan fingerprint density at radius 1 is 1.40 bits per heavy atom. The Labute approximate surface area is 140 Å². The minimum atomic E-state index is -0.00852. The van der Waals surface area contributed by atoms with Gasteiger partial charge in [-0.05, 0) is 31.7 Å². The molecule has 7 heteroatoms. The fraction of sp³-hybridized carbons (Fsp3) is 0.462. The molecule has 0 radical (unpaired) electrons. The van der Waals surface area contributed by atoms with E-state index in [0.717, 1.165) is 11.4 Å². The van der Waals surface area contributed by atoms with E-state index in [-0.39, 0.29) is 24.4 Å². The molecule has 0 aliphatic carbocycles. The summed E-state index contributed by atoms with van der Waals surface area (Å²) < 4.78 is 0. The molecule has 1 amide bonds. The fourth-order valence-electron chi connectivity index (χ4n) is 1.47. The first-order chi connectivity index (χ1) is 9.02. The lowest BCUT2D eigenvalue weighted by molar-refractivity contribution is -0.118. The first-order valence-corrected chi connectivity index (χ1v) is 7.85. The predicted octanol–water partition coefficient (Wildman–Crippen LogP) is 3.62. The van der Waals surface area contributed by atoms with Gasteiger partial charge in [0.15, 0.2) is 0 Å². The largest absolute Gasteiger partial charge is 0.354 e. The van der Waals surface area contributed by atoms with Gasteiger partial charge in [-0.2, -0.15) is 0 Å². The van der Waals surface area contributed by atoms with E-state index < -0.39 is 0 Å². The maximum absolute atomic E-state index is 11.7. The Morgan fingerprint density at radius 3 is 2.75 bits per heavy atom. The van der Waals surface area contributed by atoms with Crippen molar-refractivity contribution in [3.63, 3.8) is 0 Å². The van der Waals surface area contributed by atoms with Gasteiger partial charge in [-0.15, -0.1) is 24.2 Å². The highest BCUT2D eigenvalue weighted by atomic mass is 35.5. The van der Waals surface area contributed by atoms with Crippen LogP contribution >= 0.6 is 47.4 Å². The molecule has 1 aromatic carbocycles. The lowest BCUT2D eigenvalue weighted by Crippen LogP contribution is -2.39. The van der Waals surface area contributed by atoms with Crippen LogP contribution in [0.5, 0.6) is 0 Å². The van der Waals surface area contributed by atoms with E-state index in [1.54, 1.807) is 18.2 Å². The van der Waals surface area contributed by atoms with Gasteiger partial charge in [0.05, 0.1) is 10.8 Å². The molecule has 1 rings (SSSR count). The summed E-state index contributed by atoms with van der Waals surface area (Å²) >= 11 is 13.3. The molecule has 0 bridgehead atoms. The van der Waals surface area contributed by atoms with E-state index in [0.29, 0.717) is 22.3 Å². The van der Waals surface area contributed by atoms with E-state index >= 15 is 0 Å². The van der Waals surface area contributed by atoms with Crippen molar-refractivity contribution in [1.29, 1.82) is 0 Å². The number of halogens is 3. The van der Waals surface area contributed by atoms with Crippen LogP contribution in [0.1, 0.15) is 13.8 Å². The lowest BCUT2D eigenvalue weighted by atomic mass is 10.3. The zero-order valence-electron chi connectivity index (χ0n) is 11.4. The van der Waals surface area contributed by atoms with Crippen LogP contribution in [0.3, 0.4) is 0 Å². The molecule has 0 aromatic heterocycles. The Bertz CT molecular complexity index is 432. The smallest absolute Gasteiger partial charge is 0.230 e. The Morgan fingerprint density at radius 2 is 2.10 bits per heavy atom. The Balaban J connectivity index is 0.00000361. The summed E-state index contributed by atoms with van der Waals surface area (Å²) in [4.78, 5) is 12.5. The van der Waals surface area contributed by atoms with E-state index in [4.69, 9.17) is 23.2 Å².